The number of pyridine rings is 1. The van der Waals surface area contributed by atoms with Gasteiger partial charge in [0.2, 0.25) is 0 Å². The molecule has 0 saturated carbocycles. The molecule has 0 unspecified atom stereocenters. The van der Waals surface area contributed by atoms with E-state index in [-0.39, 0.29) is 5.56 Å². The second-order valence-corrected chi connectivity index (χ2v) is 9.25. The van der Waals surface area contributed by atoms with E-state index in [4.69, 9.17) is 20.2 Å². The summed E-state index contributed by atoms with van der Waals surface area (Å²) in [5.41, 5.74) is 5.76. The number of aromatic nitrogens is 3. The fourth-order valence-electron chi connectivity index (χ4n) is 4.04. The number of carbonyl (C=O) groups excluding carboxylic acids is 1. The van der Waals surface area contributed by atoms with Crippen LogP contribution in [0, 0.1) is 3.70 Å². The van der Waals surface area contributed by atoms with Gasteiger partial charge in [-0.25, -0.2) is 23.2 Å². The molecule has 8 nitrogen and oxygen atoms in total. The number of rotatable bonds is 6. The Kier molecular flexibility index (Phi) is 6.59. The van der Waals surface area contributed by atoms with Crippen LogP contribution in [0.4, 0.5) is 19.4 Å². The molecule has 2 N–H and O–H groups in total. The number of fused-ring (bicyclic) bond motifs is 1. The molecule has 33 heavy (non-hydrogen) atoms. The minimum atomic E-state index is -2.67. The van der Waals surface area contributed by atoms with Crippen LogP contribution in [0.25, 0.3) is 11.0 Å². The molecule has 3 aromatic rings. The second-order valence-electron chi connectivity index (χ2n) is 8.22. The normalized spacial score (nSPS) is 15.8. The first kappa shape index (κ1) is 23.5. The lowest BCUT2D eigenvalue weighted by molar-refractivity contribution is 0.0126. The predicted molar refractivity (Wildman–Crippen MR) is 128 cm³/mol. The van der Waals surface area contributed by atoms with Crippen LogP contribution in [0.5, 0.6) is 5.75 Å². The summed E-state index contributed by atoms with van der Waals surface area (Å²) in [6, 6.07) is 8.93. The number of hydrogen-bond donors (Lipinski definition) is 1. The summed E-state index contributed by atoms with van der Waals surface area (Å²) in [6.07, 6.45) is -2.46. The molecule has 1 aromatic carbocycles. The summed E-state index contributed by atoms with van der Waals surface area (Å²) < 4.78 is 40.6. The number of nitrogens with zero attached hydrogens (tertiary/aromatic N) is 4. The van der Waals surface area contributed by atoms with E-state index in [1.165, 1.54) is 6.07 Å². The molecular weight excluding hydrogens is 547 g/mol. The van der Waals surface area contributed by atoms with Crippen molar-refractivity contribution in [1.82, 2.24) is 14.8 Å². The highest BCUT2D eigenvalue weighted by molar-refractivity contribution is 14.1. The Hall–Kier alpha value is -2.70. The monoisotopic (exact) mass is 571 g/mol. The maximum atomic E-state index is 14.0. The van der Waals surface area contributed by atoms with E-state index in [1.54, 1.807) is 11.8 Å². The molecule has 176 valence electrons. The first-order valence-corrected chi connectivity index (χ1v) is 11.5. The topological polar surface area (TPSA) is 95.5 Å². The third-order valence-electron chi connectivity index (χ3n) is 5.90. The molecule has 3 heterocycles. The number of amides is 1. The highest BCUT2D eigenvalue weighted by Gasteiger charge is 2.34. The predicted octanol–water partition coefficient (Wildman–Crippen LogP) is 4.48. The molecular formula is C22H24F2IN5O3. The second kappa shape index (κ2) is 9.27. The number of hydrogen-bond acceptors (Lipinski definition) is 6. The highest BCUT2D eigenvalue weighted by Crippen LogP contribution is 2.35. The Morgan fingerprint density at radius 3 is 2.52 bits per heavy atom. The molecule has 0 aliphatic carbocycles. The van der Waals surface area contributed by atoms with Gasteiger partial charge >= 0.3 is 6.09 Å². The van der Waals surface area contributed by atoms with Crippen LogP contribution in [0.1, 0.15) is 37.3 Å². The molecule has 4 rings (SSSR count). The van der Waals surface area contributed by atoms with Crippen LogP contribution in [-0.4, -0.2) is 46.7 Å². The van der Waals surface area contributed by atoms with Crippen molar-refractivity contribution in [2.75, 3.05) is 25.1 Å². The largest absolute Gasteiger partial charge is 0.497 e. The lowest BCUT2D eigenvalue weighted by Crippen LogP contribution is -2.46. The average molecular weight is 571 g/mol. The molecule has 1 amide bonds. The van der Waals surface area contributed by atoms with E-state index in [9.17, 15) is 13.6 Å². The van der Waals surface area contributed by atoms with Gasteiger partial charge in [0, 0.05) is 31.5 Å². The van der Waals surface area contributed by atoms with Gasteiger partial charge in [-0.3, -0.25) is 0 Å². The van der Waals surface area contributed by atoms with E-state index in [1.807, 2.05) is 58.7 Å². The number of carbonyl (C=O) groups is 1. The van der Waals surface area contributed by atoms with E-state index >= 15 is 0 Å². The Morgan fingerprint density at radius 2 is 1.94 bits per heavy atom. The minimum absolute atomic E-state index is 0.0953. The molecule has 1 aliphatic heterocycles. The summed E-state index contributed by atoms with van der Waals surface area (Å²) in [5, 5.41) is 4.86. The molecule has 0 atom stereocenters. The van der Waals surface area contributed by atoms with Gasteiger partial charge in [-0.1, -0.05) is 12.1 Å². The third-order valence-corrected chi connectivity index (χ3v) is 6.65. The average Bonchev–Trinajstić information content (AvgIpc) is 3.08. The molecule has 1 aliphatic rings. The fourth-order valence-corrected chi connectivity index (χ4v) is 4.85. The number of methoxy groups -OCH3 is 1. The summed E-state index contributed by atoms with van der Waals surface area (Å²) in [5.74, 6) is 1.18. The van der Waals surface area contributed by atoms with Gasteiger partial charge in [-0.05, 0) is 53.3 Å². The number of nitrogens with two attached hydrogens (primary N) is 1. The fraction of sp³-hybridized carbons (Fsp3) is 0.409. The van der Waals surface area contributed by atoms with Crippen LogP contribution in [0.2, 0.25) is 0 Å². The summed E-state index contributed by atoms with van der Waals surface area (Å²) in [7, 11) is 1.60. The number of halogens is 3. The maximum Gasteiger partial charge on any atom is 0.405 e. The molecule has 0 spiro atoms. The van der Waals surface area contributed by atoms with Crippen molar-refractivity contribution in [3.8, 4) is 5.75 Å². The van der Waals surface area contributed by atoms with E-state index in [0.29, 0.717) is 53.0 Å². The first-order valence-electron chi connectivity index (χ1n) is 10.4. The Labute approximate surface area is 203 Å². The van der Waals surface area contributed by atoms with E-state index in [2.05, 4.69) is 5.10 Å². The lowest BCUT2D eigenvalue weighted by atomic mass is 9.93. The molecule has 2 aromatic heterocycles. The smallest absolute Gasteiger partial charge is 0.405 e. The molecule has 1 fully saturated rings. The molecule has 1 saturated heterocycles. The van der Waals surface area contributed by atoms with Crippen LogP contribution >= 0.6 is 22.6 Å². The number of anilines is 1. The van der Waals surface area contributed by atoms with Crippen molar-refractivity contribution in [1.29, 1.82) is 0 Å². The quantitative estimate of drug-likeness (QED) is 0.439. The van der Waals surface area contributed by atoms with E-state index in [0.717, 1.165) is 11.3 Å². The zero-order valence-electron chi connectivity index (χ0n) is 18.2. The standard InChI is InChI=1S/C22H24F2IN5O3/c1-22(33-21(26)31)7-9-29(10-8-22)16-11-15(18(23)24)17-19(25)28-30(20(17)27-16)12-13-3-5-14(32-2)6-4-13/h3-6,11,18H,7-10,12H2,1-2H3,(H2,26,31). The Morgan fingerprint density at radius 1 is 1.27 bits per heavy atom. The zero-order chi connectivity index (χ0) is 23.8. The number of ether oxygens (including phenoxy) is 2. The van der Waals surface area contributed by atoms with Crippen molar-refractivity contribution >= 4 is 45.5 Å². The summed E-state index contributed by atoms with van der Waals surface area (Å²) >= 11 is 1.97. The zero-order valence-corrected chi connectivity index (χ0v) is 20.4. The highest BCUT2D eigenvalue weighted by atomic mass is 127. The number of benzene rings is 1. The number of primary amides is 1. The number of piperidine rings is 1. The summed E-state index contributed by atoms with van der Waals surface area (Å²) in [4.78, 5) is 17.8. The van der Waals surface area contributed by atoms with Crippen LogP contribution in [-0.2, 0) is 11.3 Å². The van der Waals surface area contributed by atoms with Gasteiger partial charge in [0.05, 0.1) is 19.0 Å². The Bertz CT molecular complexity index is 1160. The van der Waals surface area contributed by atoms with Crippen molar-refractivity contribution in [2.24, 2.45) is 5.73 Å². The third kappa shape index (κ3) is 4.97. The van der Waals surface area contributed by atoms with Gasteiger partial charge in [0.25, 0.3) is 6.43 Å². The van der Waals surface area contributed by atoms with E-state index < -0.39 is 18.1 Å². The van der Waals surface area contributed by atoms with Crippen molar-refractivity contribution < 1.29 is 23.0 Å². The molecule has 0 radical (unpaired) electrons. The van der Waals surface area contributed by atoms with Crippen molar-refractivity contribution in [2.45, 2.75) is 38.3 Å². The summed E-state index contributed by atoms with van der Waals surface area (Å²) in [6.45, 7) is 3.19. The van der Waals surface area contributed by atoms with Gasteiger partial charge in [-0.2, -0.15) is 5.10 Å². The SMILES string of the molecule is COc1ccc(Cn2nc(I)c3c(C(F)F)cc(N4CCC(C)(OC(N)=O)CC4)nc32)cc1. The van der Waals surface area contributed by atoms with Crippen molar-refractivity contribution in [3.63, 3.8) is 0 Å². The van der Waals surface area contributed by atoms with Crippen LogP contribution < -0.4 is 15.4 Å². The Balaban J connectivity index is 1.68. The molecule has 0 bridgehead atoms. The number of alkyl halides is 2. The van der Waals surface area contributed by atoms with Gasteiger partial charge < -0.3 is 20.1 Å². The van der Waals surface area contributed by atoms with Crippen LogP contribution in [0.3, 0.4) is 0 Å². The van der Waals surface area contributed by atoms with Crippen molar-refractivity contribution in [3.05, 3.63) is 45.2 Å². The van der Waals surface area contributed by atoms with Gasteiger partial charge in [0.1, 0.15) is 20.9 Å². The van der Waals surface area contributed by atoms with Crippen LogP contribution in [0.15, 0.2) is 30.3 Å². The maximum absolute atomic E-state index is 14.0. The lowest BCUT2D eigenvalue weighted by Gasteiger charge is -2.39. The first-order chi connectivity index (χ1) is 15.7. The van der Waals surface area contributed by atoms with Gasteiger partial charge in [-0.15, -0.1) is 0 Å². The van der Waals surface area contributed by atoms with Gasteiger partial charge in [0.15, 0.2) is 5.65 Å². The molecule has 11 heteroatoms. The minimum Gasteiger partial charge on any atom is -0.497 e.